The highest BCUT2D eigenvalue weighted by Gasteiger charge is 2.21. The molecule has 0 aromatic rings. The summed E-state index contributed by atoms with van der Waals surface area (Å²) < 4.78 is 0. The number of nitrogens with one attached hydrogen (secondary N) is 1. The lowest BCUT2D eigenvalue weighted by molar-refractivity contribution is -0.140. The van der Waals surface area contributed by atoms with E-state index in [9.17, 15) is 14.4 Å². The molecule has 0 radical (unpaired) electrons. The lowest BCUT2D eigenvalue weighted by atomic mass is 9.85. The number of carbonyl (C=O) groups is 3. The summed E-state index contributed by atoms with van der Waals surface area (Å²) in [4.78, 5) is 33.7. The van der Waals surface area contributed by atoms with Crippen LogP contribution in [0.25, 0.3) is 0 Å². The van der Waals surface area contributed by atoms with Crippen LogP contribution >= 0.6 is 11.8 Å². The van der Waals surface area contributed by atoms with Gasteiger partial charge < -0.3 is 10.4 Å². The molecule has 0 heterocycles. The summed E-state index contributed by atoms with van der Waals surface area (Å²) in [7, 11) is 0. The molecule has 1 rings (SSSR count). The number of Topliss-reactive ketones (excluding diaryl/α,β-unsaturated/α-hetero) is 1. The average molecular weight is 301 g/mol. The molecule has 0 aromatic carbocycles. The largest absolute Gasteiger partial charge is 0.480 e. The molecule has 0 spiro atoms. The molecular formula is C14H23NO4S. The summed E-state index contributed by atoms with van der Waals surface area (Å²) in [6.07, 6.45) is 6.04. The maximum absolute atomic E-state index is 12.0. The van der Waals surface area contributed by atoms with E-state index in [-0.39, 0.29) is 11.8 Å². The van der Waals surface area contributed by atoms with Gasteiger partial charge in [-0.05, 0) is 12.8 Å². The first-order valence-electron chi connectivity index (χ1n) is 7.11. The maximum atomic E-state index is 12.0. The van der Waals surface area contributed by atoms with Gasteiger partial charge in [0.1, 0.15) is 11.8 Å². The normalized spacial score (nSPS) is 17.4. The Kier molecular flexibility index (Phi) is 7.65. The fourth-order valence-corrected chi connectivity index (χ4v) is 3.40. The molecule has 5 nitrogen and oxygen atoms in total. The SMILES string of the molecule is CC(=O)NC(CSCCC(=O)C1CCCCC1)C(=O)O. The molecule has 0 aliphatic heterocycles. The van der Waals surface area contributed by atoms with Crippen molar-refractivity contribution < 1.29 is 19.5 Å². The number of hydrogen-bond donors (Lipinski definition) is 2. The first-order valence-corrected chi connectivity index (χ1v) is 8.26. The molecule has 1 unspecified atom stereocenters. The Morgan fingerprint density at radius 3 is 2.45 bits per heavy atom. The van der Waals surface area contributed by atoms with Gasteiger partial charge in [-0.1, -0.05) is 19.3 Å². The smallest absolute Gasteiger partial charge is 0.327 e. The van der Waals surface area contributed by atoms with E-state index in [1.54, 1.807) is 0 Å². The molecule has 20 heavy (non-hydrogen) atoms. The van der Waals surface area contributed by atoms with E-state index in [1.165, 1.54) is 25.1 Å². The number of aliphatic carboxylic acids is 1. The first-order chi connectivity index (χ1) is 9.50. The van der Waals surface area contributed by atoms with Crippen molar-refractivity contribution in [3.8, 4) is 0 Å². The van der Waals surface area contributed by atoms with Crippen LogP contribution in [0.3, 0.4) is 0 Å². The minimum absolute atomic E-state index is 0.218. The van der Waals surface area contributed by atoms with Crippen LogP contribution in [0.4, 0.5) is 0 Å². The van der Waals surface area contributed by atoms with Gasteiger partial charge in [0.2, 0.25) is 5.91 Å². The number of carboxylic acids is 1. The van der Waals surface area contributed by atoms with Crippen molar-refractivity contribution in [1.29, 1.82) is 0 Å². The fourth-order valence-electron chi connectivity index (χ4n) is 2.42. The number of thioether (sulfide) groups is 1. The van der Waals surface area contributed by atoms with Gasteiger partial charge in [-0.3, -0.25) is 9.59 Å². The first kappa shape index (κ1) is 17.0. The number of carbonyl (C=O) groups excluding carboxylic acids is 2. The molecule has 1 atom stereocenters. The highest BCUT2D eigenvalue weighted by Crippen LogP contribution is 2.25. The van der Waals surface area contributed by atoms with Crippen molar-refractivity contribution in [3.63, 3.8) is 0 Å². The van der Waals surface area contributed by atoms with Crippen LogP contribution in [0.15, 0.2) is 0 Å². The van der Waals surface area contributed by atoms with E-state index in [0.29, 0.717) is 23.7 Å². The van der Waals surface area contributed by atoms with Gasteiger partial charge in [0.25, 0.3) is 0 Å². The third-order valence-corrected chi connectivity index (χ3v) is 4.58. The summed E-state index contributed by atoms with van der Waals surface area (Å²) in [5, 5.41) is 11.3. The van der Waals surface area contributed by atoms with Crippen molar-refractivity contribution in [2.45, 2.75) is 51.5 Å². The third-order valence-electron chi connectivity index (χ3n) is 3.51. The van der Waals surface area contributed by atoms with Crippen molar-refractivity contribution in [3.05, 3.63) is 0 Å². The number of carboxylic acid groups (broad SMARTS) is 1. The topological polar surface area (TPSA) is 83.5 Å². The Balaban J connectivity index is 2.20. The van der Waals surface area contributed by atoms with Crippen molar-refractivity contribution >= 4 is 29.4 Å². The van der Waals surface area contributed by atoms with E-state index >= 15 is 0 Å². The fraction of sp³-hybridized carbons (Fsp3) is 0.786. The van der Waals surface area contributed by atoms with Crippen LogP contribution in [0, 0.1) is 5.92 Å². The molecule has 1 amide bonds. The second-order valence-corrected chi connectivity index (χ2v) is 6.37. The Morgan fingerprint density at radius 1 is 1.25 bits per heavy atom. The standard InChI is InChI=1S/C14H23NO4S/c1-10(16)15-12(14(18)19)9-20-8-7-13(17)11-5-3-2-4-6-11/h11-12H,2-9H2,1H3,(H,15,16)(H,18,19). The maximum Gasteiger partial charge on any atom is 0.327 e. The summed E-state index contributed by atoms with van der Waals surface area (Å²) in [6.45, 7) is 1.30. The van der Waals surface area contributed by atoms with E-state index in [0.717, 1.165) is 25.7 Å². The number of amides is 1. The predicted molar refractivity (Wildman–Crippen MR) is 78.8 cm³/mol. The molecule has 6 heteroatoms. The van der Waals surface area contributed by atoms with E-state index in [2.05, 4.69) is 5.32 Å². The minimum atomic E-state index is -1.04. The second kappa shape index (κ2) is 9.00. The van der Waals surface area contributed by atoms with Gasteiger partial charge in [-0.2, -0.15) is 11.8 Å². The zero-order valence-electron chi connectivity index (χ0n) is 11.9. The third kappa shape index (κ3) is 6.41. The molecule has 1 fully saturated rings. The summed E-state index contributed by atoms with van der Waals surface area (Å²) in [5.74, 6) is 0.0621. The number of rotatable bonds is 8. The van der Waals surface area contributed by atoms with Crippen LogP contribution in [0.5, 0.6) is 0 Å². The lowest BCUT2D eigenvalue weighted by Gasteiger charge is -2.20. The highest BCUT2D eigenvalue weighted by atomic mass is 32.2. The lowest BCUT2D eigenvalue weighted by Crippen LogP contribution is -2.41. The van der Waals surface area contributed by atoms with Gasteiger partial charge in [0, 0.05) is 30.8 Å². The van der Waals surface area contributed by atoms with Crippen molar-refractivity contribution in [2.24, 2.45) is 5.92 Å². The Bertz CT molecular complexity index is 353. The van der Waals surface area contributed by atoms with E-state index in [4.69, 9.17) is 5.11 Å². The molecular weight excluding hydrogens is 278 g/mol. The molecule has 1 aliphatic carbocycles. The van der Waals surface area contributed by atoms with E-state index in [1.807, 2.05) is 0 Å². The summed E-state index contributed by atoms with van der Waals surface area (Å²) in [6, 6.07) is -0.873. The Hall–Kier alpha value is -1.04. The van der Waals surface area contributed by atoms with Crippen LogP contribution in [0.1, 0.15) is 45.4 Å². The molecule has 2 N–H and O–H groups in total. The number of ketones is 1. The average Bonchev–Trinajstić information content (AvgIpc) is 2.42. The van der Waals surface area contributed by atoms with Gasteiger partial charge in [-0.15, -0.1) is 0 Å². The van der Waals surface area contributed by atoms with Crippen LogP contribution < -0.4 is 5.32 Å². The summed E-state index contributed by atoms with van der Waals surface area (Å²) >= 11 is 1.41. The molecule has 0 bridgehead atoms. The van der Waals surface area contributed by atoms with Crippen molar-refractivity contribution in [1.82, 2.24) is 5.32 Å². The highest BCUT2D eigenvalue weighted by molar-refractivity contribution is 7.99. The molecule has 0 saturated heterocycles. The number of hydrogen-bond acceptors (Lipinski definition) is 4. The van der Waals surface area contributed by atoms with Gasteiger partial charge in [-0.25, -0.2) is 4.79 Å². The monoisotopic (exact) mass is 301 g/mol. The van der Waals surface area contributed by atoms with Crippen LogP contribution in [-0.4, -0.2) is 40.3 Å². The van der Waals surface area contributed by atoms with Gasteiger partial charge in [0.15, 0.2) is 0 Å². The Morgan fingerprint density at radius 2 is 1.90 bits per heavy atom. The molecule has 114 valence electrons. The van der Waals surface area contributed by atoms with E-state index < -0.39 is 12.0 Å². The van der Waals surface area contributed by atoms with Crippen LogP contribution in [-0.2, 0) is 14.4 Å². The van der Waals surface area contributed by atoms with Gasteiger partial charge >= 0.3 is 5.97 Å². The zero-order valence-corrected chi connectivity index (χ0v) is 12.7. The second-order valence-electron chi connectivity index (χ2n) is 5.22. The zero-order chi connectivity index (χ0) is 15.0. The molecule has 1 saturated carbocycles. The van der Waals surface area contributed by atoms with Crippen molar-refractivity contribution in [2.75, 3.05) is 11.5 Å². The predicted octanol–water partition coefficient (Wildman–Crippen LogP) is 1.85. The van der Waals surface area contributed by atoms with Gasteiger partial charge in [0.05, 0.1) is 0 Å². The molecule has 1 aliphatic rings. The minimum Gasteiger partial charge on any atom is -0.480 e. The quantitative estimate of drug-likeness (QED) is 0.668. The van der Waals surface area contributed by atoms with Crippen LogP contribution in [0.2, 0.25) is 0 Å². The summed E-state index contributed by atoms with van der Waals surface area (Å²) in [5.41, 5.74) is 0. The molecule has 0 aromatic heterocycles. The Labute approximate surface area is 123 Å².